The maximum Gasteiger partial charge on any atom is 0.355 e. The molecule has 188 valence electrons. The second-order valence-electron chi connectivity index (χ2n) is 11.4. The van der Waals surface area contributed by atoms with E-state index < -0.39 is 41.9 Å². The Kier molecular flexibility index (Phi) is 6.17. The van der Waals surface area contributed by atoms with Gasteiger partial charge in [0.15, 0.2) is 6.10 Å². The highest BCUT2D eigenvalue weighted by atomic mass is 16.6. The van der Waals surface area contributed by atoms with E-state index in [-0.39, 0.29) is 34.4 Å². The highest BCUT2D eigenvalue weighted by molar-refractivity contribution is 5.89. The Bertz CT molecular complexity index is 1020. The van der Waals surface area contributed by atoms with Crippen LogP contribution >= 0.6 is 0 Å². The molecule has 1 aromatic rings. The normalized spacial score (nSPS) is 39.5. The predicted octanol–water partition coefficient (Wildman–Crippen LogP) is 2.89. The average Bonchev–Trinajstić information content (AvgIpc) is 3.12. The van der Waals surface area contributed by atoms with Crippen LogP contribution in [0.5, 0.6) is 0 Å². The molecular weight excluding hydrogens is 434 g/mol. The number of fused-ring (bicyclic) bond motifs is 1. The number of aromatic amines is 1. The highest BCUT2D eigenvalue weighted by Crippen LogP contribution is 2.64. The largest absolute Gasteiger partial charge is 0.450 e. The van der Waals surface area contributed by atoms with Gasteiger partial charge in [0.05, 0.1) is 18.1 Å². The van der Waals surface area contributed by atoms with Crippen molar-refractivity contribution in [2.24, 2.45) is 28.6 Å². The van der Waals surface area contributed by atoms with E-state index in [1.54, 1.807) is 32.2 Å². The fourth-order valence-corrected chi connectivity index (χ4v) is 6.70. The molecule has 1 aromatic heterocycles. The second-order valence-corrected chi connectivity index (χ2v) is 11.4. The molecule has 8 atom stereocenters. The van der Waals surface area contributed by atoms with Crippen molar-refractivity contribution in [2.45, 2.75) is 78.3 Å². The fourth-order valence-electron chi connectivity index (χ4n) is 6.70. The third-order valence-corrected chi connectivity index (χ3v) is 9.05. The minimum absolute atomic E-state index is 0.0150. The number of aliphatic hydroxyl groups is 4. The first-order valence-corrected chi connectivity index (χ1v) is 12.3. The quantitative estimate of drug-likeness (QED) is 0.320. The molecule has 34 heavy (non-hydrogen) atoms. The molecule has 5 N–H and O–H groups in total. The molecule has 0 aliphatic heterocycles. The van der Waals surface area contributed by atoms with Crippen molar-refractivity contribution in [1.29, 1.82) is 0 Å². The molecule has 0 radical (unpaired) electrons. The van der Waals surface area contributed by atoms with Crippen LogP contribution in [0, 0.1) is 35.5 Å². The first-order chi connectivity index (χ1) is 15.9. The fraction of sp³-hybridized carbons (Fsp3) is 0.667. The summed E-state index contributed by atoms with van der Waals surface area (Å²) in [5.74, 6) is -1.10. The lowest BCUT2D eigenvalue weighted by Gasteiger charge is -2.52. The lowest BCUT2D eigenvalue weighted by atomic mass is 9.58. The molecule has 7 heteroatoms. The van der Waals surface area contributed by atoms with Crippen LogP contribution in [0.2, 0.25) is 0 Å². The maximum absolute atomic E-state index is 13.1. The van der Waals surface area contributed by atoms with Gasteiger partial charge in [0, 0.05) is 12.1 Å². The van der Waals surface area contributed by atoms with Gasteiger partial charge >= 0.3 is 5.97 Å². The van der Waals surface area contributed by atoms with E-state index in [4.69, 9.17) is 4.74 Å². The Morgan fingerprint density at radius 2 is 1.94 bits per heavy atom. The Balaban J connectivity index is 1.86. The summed E-state index contributed by atoms with van der Waals surface area (Å²) in [6.45, 7) is 11.3. The van der Waals surface area contributed by atoms with E-state index in [1.807, 2.05) is 19.9 Å². The highest BCUT2D eigenvalue weighted by Gasteiger charge is 2.72. The zero-order chi connectivity index (χ0) is 25.2. The Hall–Kier alpha value is -1.93. The molecule has 1 heterocycles. The molecule has 1 saturated carbocycles. The number of esters is 1. The molecule has 7 nitrogen and oxygen atoms in total. The van der Waals surface area contributed by atoms with Crippen molar-refractivity contribution < 1.29 is 30.0 Å². The van der Waals surface area contributed by atoms with Crippen LogP contribution in [0.25, 0.3) is 0 Å². The summed E-state index contributed by atoms with van der Waals surface area (Å²) in [5, 5.41) is 46.3. The molecular formula is C27H39NO6. The minimum Gasteiger partial charge on any atom is -0.450 e. The van der Waals surface area contributed by atoms with Crippen LogP contribution in [0.3, 0.4) is 0 Å². The van der Waals surface area contributed by atoms with Crippen LogP contribution in [-0.2, 0) is 4.74 Å². The van der Waals surface area contributed by atoms with Gasteiger partial charge in [0.25, 0.3) is 0 Å². The van der Waals surface area contributed by atoms with E-state index in [1.165, 1.54) is 0 Å². The van der Waals surface area contributed by atoms with Crippen molar-refractivity contribution in [1.82, 2.24) is 4.98 Å². The van der Waals surface area contributed by atoms with Gasteiger partial charge in [0.1, 0.15) is 17.4 Å². The van der Waals surface area contributed by atoms with Gasteiger partial charge in [-0.3, -0.25) is 0 Å². The number of H-pyrrole nitrogens is 1. The van der Waals surface area contributed by atoms with E-state index >= 15 is 0 Å². The summed E-state index contributed by atoms with van der Waals surface area (Å²) in [6.07, 6.45) is 3.00. The van der Waals surface area contributed by atoms with E-state index in [0.717, 1.165) is 6.42 Å². The summed E-state index contributed by atoms with van der Waals surface area (Å²) < 4.78 is 5.89. The van der Waals surface area contributed by atoms with Gasteiger partial charge < -0.3 is 30.1 Å². The number of aliphatic hydroxyl groups excluding tert-OH is 3. The van der Waals surface area contributed by atoms with Crippen LogP contribution in [0.1, 0.15) is 63.5 Å². The maximum atomic E-state index is 13.1. The van der Waals surface area contributed by atoms with E-state index in [2.05, 4.69) is 18.8 Å². The molecule has 0 aromatic carbocycles. The number of nitrogens with one attached hydrogen (secondary N) is 1. The third kappa shape index (κ3) is 3.35. The molecule has 0 amide bonds. The summed E-state index contributed by atoms with van der Waals surface area (Å²) in [5.41, 5.74) is -1.51. The summed E-state index contributed by atoms with van der Waals surface area (Å²) in [4.78, 5) is 16.0. The second kappa shape index (κ2) is 8.33. The van der Waals surface area contributed by atoms with Crippen LogP contribution in [-0.4, -0.2) is 61.9 Å². The Morgan fingerprint density at radius 3 is 2.44 bits per heavy atom. The lowest BCUT2D eigenvalue weighted by Crippen LogP contribution is -2.67. The summed E-state index contributed by atoms with van der Waals surface area (Å²) in [7, 11) is 0. The molecule has 0 spiro atoms. The Labute approximate surface area is 201 Å². The molecule has 3 aliphatic rings. The van der Waals surface area contributed by atoms with Crippen LogP contribution < -0.4 is 0 Å². The van der Waals surface area contributed by atoms with Crippen molar-refractivity contribution in [2.75, 3.05) is 6.61 Å². The number of ether oxygens (including phenoxy) is 1. The first kappa shape index (κ1) is 25.2. The SMILES string of the molecule is CCC(C)C12C=C(C)C(OC(=O)c3[nH]ccc3C)C1(O)C(O)C(CO)=CC(C1CC1(C)C)C2O. The Morgan fingerprint density at radius 1 is 1.29 bits per heavy atom. The summed E-state index contributed by atoms with van der Waals surface area (Å²) >= 11 is 0. The van der Waals surface area contributed by atoms with Crippen LogP contribution in [0.4, 0.5) is 0 Å². The minimum atomic E-state index is -2.05. The number of aryl methyl sites for hydroxylation is 1. The van der Waals surface area contributed by atoms with Crippen molar-refractivity contribution >= 4 is 5.97 Å². The summed E-state index contributed by atoms with van der Waals surface area (Å²) in [6, 6.07) is 1.75. The molecule has 8 unspecified atom stereocenters. The van der Waals surface area contributed by atoms with Gasteiger partial charge in [-0.15, -0.1) is 0 Å². The molecule has 0 saturated heterocycles. The van der Waals surface area contributed by atoms with Gasteiger partial charge in [-0.1, -0.05) is 46.3 Å². The zero-order valence-corrected chi connectivity index (χ0v) is 21.0. The average molecular weight is 474 g/mol. The molecule has 1 fully saturated rings. The smallest absolute Gasteiger partial charge is 0.355 e. The van der Waals surface area contributed by atoms with Gasteiger partial charge in [-0.25, -0.2) is 4.79 Å². The van der Waals surface area contributed by atoms with Crippen molar-refractivity contribution in [3.8, 4) is 0 Å². The van der Waals surface area contributed by atoms with Gasteiger partial charge in [0.2, 0.25) is 0 Å². The zero-order valence-electron chi connectivity index (χ0n) is 21.0. The standard InChI is InChI=1S/C27H39NO6/c1-7-16(4)26-11-15(3)23(34-24(32)20-14(2)8-9-28-20)27(26,33)21(30)17(13-29)10-18(22(26)31)19-12-25(19,5)6/h8-11,16,18-19,21-23,28-31,33H,7,12-13H2,1-6H3. The van der Waals surface area contributed by atoms with Gasteiger partial charge in [-0.2, -0.15) is 0 Å². The molecule has 4 rings (SSSR count). The monoisotopic (exact) mass is 473 g/mol. The number of carbonyl (C=O) groups is 1. The molecule has 3 aliphatic carbocycles. The lowest BCUT2D eigenvalue weighted by molar-refractivity contribution is -0.217. The van der Waals surface area contributed by atoms with E-state index in [0.29, 0.717) is 17.6 Å². The predicted molar refractivity (Wildman–Crippen MR) is 128 cm³/mol. The number of hydrogen-bond acceptors (Lipinski definition) is 6. The third-order valence-electron chi connectivity index (χ3n) is 9.05. The van der Waals surface area contributed by atoms with Gasteiger partial charge in [-0.05, 0) is 60.3 Å². The van der Waals surface area contributed by atoms with Crippen molar-refractivity contribution in [3.63, 3.8) is 0 Å². The first-order valence-electron chi connectivity index (χ1n) is 12.3. The van der Waals surface area contributed by atoms with E-state index in [9.17, 15) is 25.2 Å². The number of hydrogen-bond donors (Lipinski definition) is 5. The van der Waals surface area contributed by atoms with Crippen LogP contribution in [0.15, 0.2) is 35.6 Å². The topological polar surface area (TPSA) is 123 Å². The number of aromatic nitrogens is 1. The van der Waals surface area contributed by atoms with Crippen molar-refractivity contribution in [3.05, 3.63) is 46.8 Å². The number of rotatable bonds is 6. The molecule has 0 bridgehead atoms. The number of carbonyl (C=O) groups excluding carboxylic acids is 1.